The number of hydrogen-bond acceptors (Lipinski definition) is 1. The van der Waals surface area contributed by atoms with Crippen LogP contribution in [0.3, 0.4) is 0 Å². The van der Waals surface area contributed by atoms with Crippen LogP contribution in [0.2, 0.25) is 5.15 Å². The van der Waals surface area contributed by atoms with Gasteiger partial charge in [-0.2, -0.15) is 0 Å². The summed E-state index contributed by atoms with van der Waals surface area (Å²) in [6.07, 6.45) is 1.76. The Morgan fingerprint density at radius 3 is 2.78 bits per heavy atom. The molecule has 1 rings (SSSR count). The van der Waals surface area contributed by atoms with Gasteiger partial charge >= 0.3 is 0 Å². The first-order chi connectivity index (χ1) is 4.20. The van der Waals surface area contributed by atoms with Crippen molar-refractivity contribution >= 4 is 24.9 Å². The van der Waals surface area contributed by atoms with Crippen molar-refractivity contribution in [3.05, 3.63) is 23.0 Å². The van der Waals surface area contributed by atoms with E-state index < -0.39 is 0 Å². The molecule has 0 aliphatic carbocycles. The molecule has 0 saturated carbocycles. The van der Waals surface area contributed by atoms with E-state index in [-0.39, 0.29) is 0 Å². The summed E-state index contributed by atoms with van der Waals surface area (Å²) >= 11 is 5.67. The SMILES string of the molecule is Bc1cc(C)cnc1Cl. The maximum Gasteiger partial charge on any atom is 0.143 e. The van der Waals surface area contributed by atoms with Crippen LogP contribution < -0.4 is 5.46 Å². The molecular formula is C6H7BClN. The van der Waals surface area contributed by atoms with Crippen LogP contribution in [0.15, 0.2) is 12.3 Å². The summed E-state index contributed by atoms with van der Waals surface area (Å²) < 4.78 is 0. The molecule has 0 aliphatic heterocycles. The largest absolute Gasteiger partial charge is 0.245 e. The minimum absolute atomic E-state index is 0.598. The van der Waals surface area contributed by atoms with E-state index in [1.54, 1.807) is 6.20 Å². The molecular weight excluding hydrogens is 132 g/mol. The van der Waals surface area contributed by atoms with E-state index in [0.29, 0.717) is 5.15 Å². The molecule has 0 atom stereocenters. The maximum absolute atomic E-state index is 5.67. The molecule has 0 aromatic carbocycles. The number of pyridine rings is 1. The molecule has 0 N–H and O–H groups in total. The Labute approximate surface area is 60.5 Å². The minimum atomic E-state index is 0.598. The molecule has 1 aromatic rings. The zero-order valence-electron chi connectivity index (χ0n) is 5.48. The first-order valence-electron chi connectivity index (χ1n) is 2.79. The standard InChI is InChI=1S/C6H7BClN/c1-4-2-5(7)6(8)9-3-4/h2-3H,7H2,1H3. The van der Waals surface area contributed by atoms with E-state index in [1.807, 2.05) is 20.8 Å². The molecule has 0 spiro atoms. The van der Waals surface area contributed by atoms with E-state index in [9.17, 15) is 0 Å². The smallest absolute Gasteiger partial charge is 0.143 e. The van der Waals surface area contributed by atoms with Crippen molar-refractivity contribution in [2.75, 3.05) is 0 Å². The first kappa shape index (κ1) is 6.62. The second-order valence-corrected chi connectivity index (χ2v) is 2.48. The van der Waals surface area contributed by atoms with Crippen molar-refractivity contribution in [3.63, 3.8) is 0 Å². The minimum Gasteiger partial charge on any atom is -0.245 e. The number of halogens is 1. The molecule has 0 fully saturated rings. The highest BCUT2D eigenvalue weighted by atomic mass is 35.5. The lowest BCUT2D eigenvalue weighted by Crippen LogP contribution is -2.05. The monoisotopic (exact) mass is 139 g/mol. The maximum atomic E-state index is 5.67. The van der Waals surface area contributed by atoms with Gasteiger partial charge in [0.1, 0.15) is 13.0 Å². The lowest BCUT2D eigenvalue weighted by atomic mass is 9.97. The van der Waals surface area contributed by atoms with Gasteiger partial charge in [-0.15, -0.1) is 0 Å². The van der Waals surface area contributed by atoms with Crippen LogP contribution in [0.1, 0.15) is 5.56 Å². The Bertz CT molecular complexity index is 224. The fraction of sp³-hybridized carbons (Fsp3) is 0.167. The van der Waals surface area contributed by atoms with Gasteiger partial charge in [0.25, 0.3) is 0 Å². The molecule has 0 unspecified atom stereocenters. The third-order valence-electron chi connectivity index (χ3n) is 1.15. The van der Waals surface area contributed by atoms with Gasteiger partial charge in [0.05, 0.1) is 0 Å². The Balaban J connectivity index is 3.17. The molecule has 3 heteroatoms. The molecule has 0 aliphatic rings. The molecule has 0 saturated heterocycles. The van der Waals surface area contributed by atoms with E-state index in [0.717, 1.165) is 11.0 Å². The van der Waals surface area contributed by atoms with Gasteiger partial charge in [0, 0.05) is 6.20 Å². The van der Waals surface area contributed by atoms with Crippen LogP contribution in [0.25, 0.3) is 0 Å². The van der Waals surface area contributed by atoms with Crippen molar-refractivity contribution in [3.8, 4) is 0 Å². The molecule has 1 heterocycles. The van der Waals surface area contributed by atoms with Crippen molar-refractivity contribution in [2.45, 2.75) is 6.92 Å². The number of nitrogens with zero attached hydrogens (tertiary/aromatic N) is 1. The highest BCUT2D eigenvalue weighted by Gasteiger charge is 1.92. The average molecular weight is 139 g/mol. The second-order valence-electron chi connectivity index (χ2n) is 2.12. The van der Waals surface area contributed by atoms with Gasteiger partial charge in [-0.1, -0.05) is 23.1 Å². The normalized spacial score (nSPS) is 9.56. The van der Waals surface area contributed by atoms with Gasteiger partial charge in [-0.05, 0) is 12.5 Å². The number of aromatic nitrogens is 1. The Morgan fingerprint density at radius 1 is 1.67 bits per heavy atom. The third kappa shape index (κ3) is 1.45. The zero-order valence-corrected chi connectivity index (χ0v) is 6.24. The molecule has 9 heavy (non-hydrogen) atoms. The summed E-state index contributed by atoms with van der Waals surface area (Å²) in [5, 5.41) is 0.598. The van der Waals surface area contributed by atoms with Crippen molar-refractivity contribution < 1.29 is 0 Å². The predicted octanol–water partition coefficient (Wildman–Crippen LogP) is 0.302. The number of rotatable bonds is 0. The van der Waals surface area contributed by atoms with Crippen LogP contribution >= 0.6 is 11.6 Å². The molecule has 1 nitrogen and oxygen atoms in total. The number of aryl methyl sites for hydroxylation is 1. The molecule has 0 radical (unpaired) electrons. The van der Waals surface area contributed by atoms with Crippen LogP contribution in [-0.2, 0) is 0 Å². The molecule has 0 amide bonds. The molecule has 1 aromatic heterocycles. The highest BCUT2D eigenvalue weighted by molar-refractivity contribution is 6.44. The fourth-order valence-corrected chi connectivity index (χ4v) is 0.802. The highest BCUT2D eigenvalue weighted by Crippen LogP contribution is 1.99. The summed E-state index contributed by atoms with van der Waals surface area (Å²) in [6.45, 7) is 2.00. The van der Waals surface area contributed by atoms with Crippen LogP contribution in [0.5, 0.6) is 0 Å². The zero-order chi connectivity index (χ0) is 6.85. The Morgan fingerprint density at radius 2 is 2.33 bits per heavy atom. The average Bonchev–Trinajstić information content (AvgIpc) is 1.80. The van der Waals surface area contributed by atoms with Crippen molar-refractivity contribution in [2.24, 2.45) is 0 Å². The number of hydrogen-bond donors (Lipinski definition) is 0. The van der Waals surface area contributed by atoms with Crippen LogP contribution in [0.4, 0.5) is 0 Å². The van der Waals surface area contributed by atoms with Crippen molar-refractivity contribution in [1.82, 2.24) is 4.98 Å². The predicted molar refractivity (Wildman–Crippen MR) is 42.2 cm³/mol. The molecule has 0 bridgehead atoms. The third-order valence-corrected chi connectivity index (χ3v) is 1.55. The fourth-order valence-electron chi connectivity index (χ4n) is 0.699. The van der Waals surface area contributed by atoms with Gasteiger partial charge in [0.15, 0.2) is 0 Å². The summed E-state index contributed by atoms with van der Waals surface area (Å²) in [4.78, 5) is 3.94. The van der Waals surface area contributed by atoms with Gasteiger partial charge in [-0.3, -0.25) is 0 Å². The van der Waals surface area contributed by atoms with E-state index in [4.69, 9.17) is 11.6 Å². The van der Waals surface area contributed by atoms with E-state index in [2.05, 4.69) is 4.98 Å². The topological polar surface area (TPSA) is 12.9 Å². The molecule has 46 valence electrons. The Hall–Kier alpha value is -0.495. The lowest BCUT2D eigenvalue weighted by Gasteiger charge is -1.95. The summed E-state index contributed by atoms with van der Waals surface area (Å²) in [5.41, 5.74) is 2.19. The van der Waals surface area contributed by atoms with Gasteiger partial charge in [0.2, 0.25) is 0 Å². The lowest BCUT2D eigenvalue weighted by molar-refractivity contribution is 1.29. The summed E-state index contributed by atoms with van der Waals surface area (Å²) in [6, 6.07) is 2.01. The first-order valence-corrected chi connectivity index (χ1v) is 3.16. The van der Waals surface area contributed by atoms with E-state index in [1.165, 1.54) is 0 Å². The summed E-state index contributed by atoms with van der Waals surface area (Å²) in [7, 11) is 1.95. The van der Waals surface area contributed by atoms with Crippen molar-refractivity contribution in [1.29, 1.82) is 0 Å². The van der Waals surface area contributed by atoms with Gasteiger partial charge in [-0.25, -0.2) is 4.98 Å². The van der Waals surface area contributed by atoms with Gasteiger partial charge < -0.3 is 0 Å². The van der Waals surface area contributed by atoms with Crippen LogP contribution in [-0.4, -0.2) is 12.8 Å². The Kier molecular flexibility index (Phi) is 1.77. The quantitative estimate of drug-likeness (QED) is 0.372. The van der Waals surface area contributed by atoms with Crippen LogP contribution in [0, 0.1) is 6.92 Å². The second kappa shape index (κ2) is 2.40. The summed E-state index contributed by atoms with van der Waals surface area (Å²) in [5.74, 6) is 0. The van der Waals surface area contributed by atoms with E-state index >= 15 is 0 Å².